The molecule has 0 aliphatic heterocycles. The zero-order chi connectivity index (χ0) is 31.8. The Morgan fingerprint density at radius 2 is 1.08 bits per heavy atom. The van der Waals surface area contributed by atoms with Crippen molar-refractivity contribution in [2.45, 2.75) is 37.5 Å². The van der Waals surface area contributed by atoms with E-state index in [1.165, 1.54) is 103 Å². The van der Waals surface area contributed by atoms with Gasteiger partial charge in [0, 0.05) is 21.9 Å². The molecule has 0 N–H and O–H groups in total. The number of fused-ring (bicyclic) bond motifs is 9. The lowest BCUT2D eigenvalue weighted by molar-refractivity contribution is -0.0399. The topological polar surface area (TPSA) is 4.93 Å². The Morgan fingerprint density at radius 3 is 1.96 bits per heavy atom. The molecule has 5 aliphatic rings. The molecule has 0 atom stereocenters. The summed E-state index contributed by atoms with van der Waals surface area (Å²) in [6.45, 7) is 0. The fraction of sp³-hybridized carbons (Fsp3) is 0.208. The fourth-order valence-electron chi connectivity index (χ4n) is 11.9. The second kappa shape index (κ2) is 9.51. The van der Waals surface area contributed by atoms with Gasteiger partial charge in [-0.1, -0.05) is 103 Å². The molecule has 0 unspecified atom stereocenters. The Balaban J connectivity index is 1.02. The summed E-state index contributed by atoms with van der Waals surface area (Å²) in [4.78, 5) is 0. The Labute approximate surface area is 286 Å². The molecule has 4 bridgehead atoms. The van der Waals surface area contributed by atoms with Crippen molar-refractivity contribution in [1.82, 2.24) is 4.57 Å². The molecule has 1 heteroatoms. The van der Waals surface area contributed by atoms with E-state index in [0.29, 0.717) is 0 Å². The lowest BCUT2D eigenvalue weighted by Crippen LogP contribution is -2.55. The number of hydrogen-bond acceptors (Lipinski definition) is 0. The summed E-state index contributed by atoms with van der Waals surface area (Å²) < 4.78 is 2.46. The normalized spacial score (nSPS) is 24.8. The van der Waals surface area contributed by atoms with Gasteiger partial charge in [0.15, 0.2) is 0 Å². The van der Waals surface area contributed by atoms with Crippen molar-refractivity contribution in [2.24, 2.45) is 23.7 Å². The van der Waals surface area contributed by atoms with Crippen LogP contribution >= 0.6 is 0 Å². The van der Waals surface area contributed by atoms with Crippen LogP contribution in [0.5, 0.6) is 0 Å². The van der Waals surface area contributed by atoms with E-state index >= 15 is 0 Å². The predicted molar refractivity (Wildman–Crippen MR) is 204 cm³/mol. The molecule has 4 saturated carbocycles. The highest BCUT2D eigenvalue weighted by atomic mass is 15.0. The van der Waals surface area contributed by atoms with Crippen LogP contribution in [0.1, 0.15) is 43.2 Å². The van der Waals surface area contributed by atoms with Crippen LogP contribution in [-0.2, 0) is 5.41 Å². The van der Waals surface area contributed by atoms with Gasteiger partial charge in [-0.25, -0.2) is 0 Å². The van der Waals surface area contributed by atoms with Gasteiger partial charge in [0.2, 0.25) is 0 Å². The minimum atomic E-state index is 0.224. The van der Waals surface area contributed by atoms with Crippen molar-refractivity contribution >= 4 is 43.4 Å². The van der Waals surface area contributed by atoms with Crippen LogP contribution in [0.2, 0.25) is 0 Å². The first kappa shape index (κ1) is 26.8. The third-order valence-corrected chi connectivity index (χ3v) is 13.5. The van der Waals surface area contributed by atoms with Crippen LogP contribution in [0, 0.1) is 23.7 Å². The van der Waals surface area contributed by atoms with E-state index in [0.717, 1.165) is 23.7 Å². The molecule has 8 aromatic rings. The number of aromatic nitrogens is 1. The van der Waals surface area contributed by atoms with Crippen molar-refractivity contribution in [2.75, 3.05) is 0 Å². The number of rotatable bonds is 2. The van der Waals surface area contributed by atoms with Crippen molar-refractivity contribution < 1.29 is 0 Å². The summed E-state index contributed by atoms with van der Waals surface area (Å²) in [5, 5.41) is 7.79. The maximum Gasteiger partial charge on any atom is 0.0541 e. The van der Waals surface area contributed by atoms with E-state index in [4.69, 9.17) is 0 Å². The first-order valence-corrected chi connectivity index (χ1v) is 18.4. The molecule has 1 spiro atoms. The molecule has 1 aromatic heterocycles. The minimum Gasteiger partial charge on any atom is -0.309 e. The molecular formula is C48H37N. The second-order valence-electron chi connectivity index (χ2n) is 15.8. The maximum atomic E-state index is 2.55. The van der Waals surface area contributed by atoms with Gasteiger partial charge in [-0.3, -0.25) is 0 Å². The van der Waals surface area contributed by atoms with E-state index < -0.39 is 0 Å². The summed E-state index contributed by atoms with van der Waals surface area (Å²) in [6.07, 6.45) is 7.20. The van der Waals surface area contributed by atoms with Crippen LogP contribution in [-0.4, -0.2) is 4.57 Å². The minimum absolute atomic E-state index is 0.224. The number of nitrogens with zero attached hydrogens (tertiary/aromatic N) is 1. The van der Waals surface area contributed by atoms with Crippen molar-refractivity contribution in [3.8, 4) is 27.9 Å². The standard InChI is InChI=1S/C48H37N/c1-2-8-38-31(7-1)13-14-34-26-37(17-18-39(34)38)49-46-12-6-4-10-41(46)43-28-33(16-20-47(43)49)32-15-19-45-42(27-32)40-9-3-5-11-44(40)48(45)35-22-29-21-30(24-35)25-36(48)23-29/h1-20,26-30,35-36H,21-25H2. The van der Waals surface area contributed by atoms with Crippen LogP contribution < -0.4 is 0 Å². The average molecular weight is 628 g/mol. The molecule has 1 heterocycles. The molecule has 0 amide bonds. The van der Waals surface area contributed by atoms with Gasteiger partial charge in [-0.15, -0.1) is 0 Å². The van der Waals surface area contributed by atoms with Gasteiger partial charge < -0.3 is 4.57 Å². The maximum absolute atomic E-state index is 2.55. The zero-order valence-electron chi connectivity index (χ0n) is 27.6. The van der Waals surface area contributed by atoms with Gasteiger partial charge in [0.05, 0.1) is 11.0 Å². The molecular weight excluding hydrogens is 591 g/mol. The smallest absolute Gasteiger partial charge is 0.0541 e. The fourth-order valence-corrected chi connectivity index (χ4v) is 11.9. The number of benzene rings is 7. The molecule has 234 valence electrons. The third-order valence-electron chi connectivity index (χ3n) is 13.5. The van der Waals surface area contributed by atoms with E-state index in [-0.39, 0.29) is 5.41 Å². The van der Waals surface area contributed by atoms with Crippen molar-refractivity contribution in [1.29, 1.82) is 0 Å². The van der Waals surface area contributed by atoms with E-state index in [1.807, 2.05) is 0 Å². The molecule has 0 saturated heterocycles. The van der Waals surface area contributed by atoms with E-state index in [2.05, 4.69) is 144 Å². The van der Waals surface area contributed by atoms with Gasteiger partial charge >= 0.3 is 0 Å². The summed E-state index contributed by atoms with van der Waals surface area (Å²) in [7, 11) is 0. The highest BCUT2D eigenvalue weighted by molar-refractivity contribution is 6.12. The molecule has 49 heavy (non-hydrogen) atoms. The van der Waals surface area contributed by atoms with E-state index in [9.17, 15) is 0 Å². The molecule has 4 fully saturated rings. The molecule has 7 aromatic carbocycles. The average Bonchev–Trinajstić information content (AvgIpc) is 3.63. The molecule has 5 aliphatic carbocycles. The van der Waals surface area contributed by atoms with Crippen molar-refractivity contribution in [3.63, 3.8) is 0 Å². The van der Waals surface area contributed by atoms with Crippen LogP contribution in [0.25, 0.3) is 71.3 Å². The highest BCUT2D eigenvalue weighted by Gasteiger charge is 2.61. The van der Waals surface area contributed by atoms with Crippen LogP contribution in [0.3, 0.4) is 0 Å². The third kappa shape index (κ3) is 3.46. The summed E-state index contributed by atoms with van der Waals surface area (Å²) in [5.41, 5.74) is 12.8. The number of para-hydroxylation sites is 1. The Hall–Kier alpha value is -5.14. The Bertz CT molecular complexity index is 2660. The SMILES string of the molecule is c1ccc2c(c1)-c1cc(-c3ccc4c(c3)c3ccccc3n4-c3ccc4c(ccc5ccccc54)c3)ccc1C21C2CC3CC(C2)CC1C3. The molecule has 0 radical (unpaired) electrons. The highest BCUT2D eigenvalue weighted by Crippen LogP contribution is 2.69. The van der Waals surface area contributed by atoms with Gasteiger partial charge in [0.25, 0.3) is 0 Å². The Kier molecular flexibility index (Phi) is 5.20. The van der Waals surface area contributed by atoms with Crippen molar-refractivity contribution in [3.05, 3.63) is 151 Å². The summed E-state index contributed by atoms with van der Waals surface area (Å²) in [6, 6.07) is 53.3. The first-order valence-electron chi connectivity index (χ1n) is 18.4. The van der Waals surface area contributed by atoms with E-state index in [1.54, 1.807) is 11.1 Å². The lowest BCUT2D eigenvalue weighted by Gasteiger charge is -2.61. The lowest BCUT2D eigenvalue weighted by atomic mass is 9.43. The zero-order valence-corrected chi connectivity index (χ0v) is 27.6. The molecule has 13 rings (SSSR count). The largest absolute Gasteiger partial charge is 0.309 e. The Morgan fingerprint density at radius 1 is 0.429 bits per heavy atom. The number of hydrogen-bond donors (Lipinski definition) is 0. The summed E-state index contributed by atoms with van der Waals surface area (Å²) >= 11 is 0. The first-order chi connectivity index (χ1) is 24.2. The quantitative estimate of drug-likeness (QED) is 0.168. The second-order valence-corrected chi connectivity index (χ2v) is 15.8. The van der Waals surface area contributed by atoms with Gasteiger partial charge in [-0.2, -0.15) is 0 Å². The summed E-state index contributed by atoms with van der Waals surface area (Å²) in [5.74, 6) is 3.53. The van der Waals surface area contributed by atoms with Gasteiger partial charge in [-0.05, 0) is 147 Å². The molecule has 1 nitrogen and oxygen atoms in total. The predicted octanol–water partition coefficient (Wildman–Crippen LogP) is 12.5. The van der Waals surface area contributed by atoms with Gasteiger partial charge in [0.1, 0.15) is 0 Å². The van der Waals surface area contributed by atoms with Crippen LogP contribution in [0.15, 0.2) is 140 Å². The van der Waals surface area contributed by atoms with Crippen LogP contribution in [0.4, 0.5) is 0 Å². The monoisotopic (exact) mass is 627 g/mol.